The van der Waals surface area contributed by atoms with Crippen LogP contribution < -0.4 is 10.5 Å². The Balaban J connectivity index is 2.45. The molecule has 7 heteroatoms. The Labute approximate surface area is 126 Å². The van der Waals surface area contributed by atoms with Crippen molar-refractivity contribution in [3.8, 4) is 5.75 Å². The minimum Gasteiger partial charge on any atom is -0.461 e. The SMILES string of the molecule is CC(=O)Oc1ccccc1C(=O)OCCSSCCN. The van der Waals surface area contributed by atoms with Crippen LogP contribution in [0.5, 0.6) is 5.75 Å². The lowest BCUT2D eigenvalue weighted by molar-refractivity contribution is -0.131. The predicted molar refractivity (Wildman–Crippen MR) is 82.0 cm³/mol. The third-order valence-corrected chi connectivity index (χ3v) is 4.45. The van der Waals surface area contributed by atoms with Gasteiger partial charge in [0.2, 0.25) is 0 Å². The maximum absolute atomic E-state index is 11.9. The number of hydrogen-bond donors (Lipinski definition) is 1. The van der Waals surface area contributed by atoms with Crippen LogP contribution in [0.25, 0.3) is 0 Å². The standard InChI is InChI=1S/C13H17NO4S2/c1-10(15)18-12-5-3-2-4-11(12)13(16)17-7-9-20-19-8-6-14/h2-5H,6-9,14H2,1H3. The molecule has 0 aliphatic carbocycles. The molecule has 20 heavy (non-hydrogen) atoms. The van der Waals surface area contributed by atoms with Gasteiger partial charge in [-0.1, -0.05) is 33.7 Å². The lowest BCUT2D eigenvalue weighted by Gasteiger charge is -2.08. The first kappa shape index (κ1) is 16.9. The molecule has 2 N–H and O–H groups in total. The zero-order valence-corrected chi connectivity index (χ0v) is 12.8. The lowest BCUT2D eigenvalue weighted by Crippen LogP contribution is -2.11. The van der Waals surface area contributed by atoms with Gasteiger partial charge in [-0.25, -0.2) is 4.79 Å². The highest BCUT2D eigenvalue weighted by atomic mass is 33.1. The van der Waals surface area contributed by atoms with Crippen molar-refractivity contribution in [2.24, 2.45) is 5.73 Å². The van der Waals surface area contributed by atoms with Crippen LogP contribution in [-0.2, 0) is 9.53 Å². The van der Waals surface area contributed by atoms with Gasteiger partial charge in [0.15, 0.2) is 0 Å². The summed E-state index contributed by atoms with van der Waals surface area (Å²) in [6, 6.07) is 6.50. The summed E-state index contributed by atoms with van der Waals surface area (Å²) in [5.74, 6) is 0.806. The monoisotopic (exact) mass is 315 g/mol. The summed E-state index contributed by atoms with van der Waals surface area (Å²) in [6.45, 7) is 2.22. The number of para-hydroxylation sites is 1. The highest BCUT2D eigenvalue weighted by Gasteiger charge is 2.14. The Morgan fingerprint density at radius 1 is 1.20 bits per heavy atom. The molecule has 0 aromatic heterocycles. The van der Waals surface area contributed by atoms with Gasteiger partial charge in [0.05, 0.1) is 0 Å². The second-order valence-electron chi connectivity index (χ2n) is 3.66. The van der Waals surface area contributed by atoms with E-state index in [9.17, 15) is 9.59 Å². The minimum absolute atomic E-state index is 0.218. The van der Waals surface area contributed by atoms with Crippen LogP contribution in [0.15, 0.2) is 24.3 Å². The topological polar surface area (TPSA) is 78.6 Å². The molecular formula is C13H17NO4S2. The summed E-state index contributed by atoms with van der Waals surface area (Å²) < 4.78 is 10.1. The number of carbonyl (C=O) groups excluding carboxylic acids is 2. The summed E-state index contributed by atoms with van der Waals surface area (Å²) in [4.78, 5) is 22.8. The maximum Gasteiger partial charge on any atom is 0.341 e. The molecule has 0 radical (unpaired) electrons. The maximum atomic E-state index is 11.9. The van der Waals surface area contributed by atoms with E-state index in [1.807, 2.05) is 0 Å². The molecule has 0 heterocycles. The molecule has 0 aliphatic heterocycles. The van der Waals surface area contributed by atoms with Crippen LogP contribution >= 0.6 is 21.6 Å². The Morgan fingerprint density at radius 2 is 1.90 bits per heavy atom. The van der Waals surface area contributed by atoms with Crippen molar-refractivity contribution in [1.82, 2.24) is 0 Å². The third-order valence-electron chi connectivity index (χ3n) is 2.05. The van der Waals surface area contributed by atoms with Gasteiger partial charge in [0.1, 0.15) is 17.9 Å². The van der Waals surface area contributed by atoms with E-state index >= 15 is 0 Å². The second-order valence-corrected chi connectivity index (χ2v) is 6.36. The number of carbonyl (C=O) groups is 2. The molecule has 1 aromatic rings. The van der Waals surface area contributed by atoms with E-state index in [2.05, 4.69) is 0 Å². The van der Waals surface area contributed by atoms with Crippen molar-refractivity contribution >= 4 is 33.5 Å². The number of hydrogen-bond acceptors (Lipinski definition) is 7. The van der Waals surface area contributed by atoms with Crippen LogP contribution in [0.3, 0.4) is 0 Å². The van der Waals surface area contributed by atoms with Crippen molar-refractivity contribution < 1.29 is 19.1 Å². The molecule has 110 valence electrons. The number of esters is 2. The number of benzene rings is 1. The van der Waals surface area contributed by atoms with E-state index in [0.717, 1.165) is 5.75 Å². The van der Waals surface area contributed by atoms with Crippen LogP contribution in [0.2, 0.25) is 0 Å². The summed E-state index contributed by atoms with van der Waals surface area (Å²) in [7, 11) is 3.25. The van der Waals surface area contributed by atoms with Gasteiger partial charge in [-0.3, -0.25) is 4.79 Å². The van der Waals surface area contributed by atoms with Crippen LogP contribution in [0.1, 0.15) is 17.3 Å². The van der Waals surface area contributed by atoms with Gasteiger partial charge in [-0.05, 0) is 12.1 Å². The summed E-state index contributed by atoms with van der Waals surface area (Å²) in [5, 5.41) is 0. The fourth-order valence-electron chi connectivity index (χ4n) is 1.29. The third kappa shape index (κ3) is 6.31. The fraction of sp³-hybridized carbons (Fsp3) is 0.385. The average molecular weight is 315 g/mol. The van der Waals surface area contributed by atoms with Gasteiger partial charge in [0, 0.05) is 25.0 Å². The first-order chi connectivity index (χ1) is 9.65. The predicted octanol–water partition coefficient (Wildman–Crippen LogP) is 2.11. The van der Waals surface area contributed by atoms with E-state index < -0.39 is 11.9 Å². The summed E-state index contributed by atoms with van der Waals surface area (Å²) in [6.07, 6.45) is 0. The van der Waals surface area contributed by atoms with Crippen LogP contribution in [0.4, 0.5) is 0 Å². The first-order valence-electron chi connectivity index (χ1n) is 6.04. The van der Waals surface area contributed by atoms with Gasteiger partial charge in [-0.2, -0.15) is 0 Å². The van der Waals surface area contributed by atoms with Crippen molar-refractivity contribution in [3.05, 3.63) is 29.8 Å². The number of nitrogens with two attached hydrogens (primary N) is 1. The molecule has 0 saturated carbocycles. The molecular weight excluding hydrogens is 298 g/mol. The van der Waals surface area contributed by atoms with Gasteiger partial charge < -0.3 is 15.2 Å². The molecule has 0 bridgehead atoms. The Bertz CT molecular complexity index is 454. The van der Waals surface area contributed by atoms with E-state index in [1.165, 1.54) is 6.92 Å². The molecule has 0 fully saturated rings. The van der Waals surface area contributed by atoms with Gasteiger partial charge >= 0.3 is 11.9 Å². The zero-order chi connectivity index (χ0) is 14.8. The van der Waals surface area contributed by atoms with Crippen molar-refractivity contribution in [3.63, 3.8) is 0 Å². The largest absolute Gasteiger partial charge is 0.461 e. The fourth-order valence-corrected chi connectivity index (χ4v) is 2.97. The van der Waals surface area contributed by atoms with Crippen molar-refractivity contribution in [2.75, 3.05) is 24.7 Å². The first-order valence-corrected chi connectivity index (χ1v) is 8.53. The normalized spacial score (nSPS) is 10.1. The molecule has 1 rings (SSSR count). The van der Waals surface area contributed by atoms with E-state index in [0.29, 0.717) is 18.9 Å². The highest BCUT2D eigenvalue weighted by molar-refractivity contribution is 8.76. The number of rotatable bonds is 8. The van der Waals surface area contributed by atoms with Crippen molar-refractivity contribution in [1.29, 1.82) is 0 Å². The smallest absolute Gasteiger partial charge is 0.341 e. The van der Waals surface area contributed by atoms with E-state index in [-0.39, 0.29) is 11.3 Å². The molecule has 0 atom stereocenters. The molecule has 0 amide bonds. The Morgan fingerprint density at radius 3 is 2.60 bits per heavy atom. The molecule has 0 saturated heterocycles. The average Bonchev–Trinajstić information content (AvgIpc) is 2.42. The van der Waals surface area contributed by atoms with Gasteiger partial charge in [0.25, 0.3) is 0 Å². The van der Waals surface area contributed by atoms with Crippen LogP contribution in [-0.4, -0.2) is 36.6 Å². The molecule has 0 spiro atoms. The molecule has 5 nitrogen and oxygen atoms in total. The minimum atomic E-state index is -0.494. The Kier molecular flexibility index (Phi) is 8.17. The van der Waals surface area contributed by atoms with Gasteiger partial charge in [-0.15, -0.1) is 0 Å². The van der Waals surface area contributed by atoms with E-state index in [1.54, 1.807) is 45.9 Å². The summed E-state index contributed by atoms with van der Waals surface area (Å²) in [5.41, 5.74) is 5.62. The molecule has 0 unspecified atom stereocenters. The lowest BCUT2D eigenvalue weighted by atomic mass is 10.2. The summed E-state index contributed by atoms with van der Waals surface area (Å²) >= 11 is 0. The van der Waals surface area contributed by atoms with E-state index in [4.69, 9.17) is 15.2 Å². The Hall–Kier alpha value is -1.18. The quantitative estimate of drug-likeness (QED) is 0.340. The molecule has 1 aromatic carbocycles. The molecule has 0 aliphatic rings. The highest BCUT2D eigenvalue weighted by Crippen LogP contribution is 2.21. The van der Waals surface area contributed by atoms with Crippen molar-refractivity contribution in [2.45, 2.75) is 6.92 Å². The second kappa shape index (κ2) is 9.68. The number of ether oxygens (including phenoxy) is 2. The zero-order valence-electron chi connectivity index (χ0n) is 11.2. The van der Waals surface area contributed by atoms with Crippen LogP contribution in [0, 0.1) is 0 Å².